The molecular formula is C6H12N2. The van der Waals surface area contributed by atoms with Crippen LogP contribution in [0.1, 0.15) is 19.3 Å². The van der Waals surface area contributed by atoms with Crippen molar-refractivity contribution >= 4 is 0 Å². The van der Waals surface area contributed by atoms with E-state index in [9.17, 15) is 0 Å². The van der Waals surface area contributed by atoms with Crippen LogP contribution in [0.15, 0.2) is 0 Å². The van der Waals surface area contributed by atoms with Gasteiger partial charge in [-0.3, -0.25) is 0 Å². The van der Waals surface area contributed by atoms with Gasteiger partial charge in [0.05, 0.1) is 0 Å². The van der Waals surface area contributed by atoms with Crippen LogP contribution in [0, 0.1) is 0 Å². The molecule has 0 amide bonds. The maximum absolute atomic E-state index is 5.76. The highest BCUT2D eigenvalue weighted by Gasteiger charge is 2.36. The fraction of sp³-hybridized carbons (Fsp3) is 1.00. The third-order valence-corrected chi connectivity index (χ3v) is 2.35. The second-order valence-corrected chi connectivity index (χ2v) is 2.95. The summed E-state index contributed by atoms with van der Waals surface area (Å²) in [6.07, 6.45) is 3.88. The second-order valence-electron chi connectivity index (χ2n) is 2.95. The zero-order chi connectivity index (χ0) is 5.56. The smallest absolute Gasteiger partial charge is 0.0222 e. The number of hydrogen-bond donors (Lipinski definition) is 2. The van der Waals surface area contributed by atoms with E-state index < -0.39 is 0 Å². The van der Waals surface area contributed by atoms with Crippen molar-refractivity contribution < 1.29 is 0 Å². The number of nitrogens with two attached hydrogens (primary N) is 1. The molecule has 2 fully saturated rings. The van der Waals surface area contributed by atoms with Crippen molar-refractivity contribution in [2.24, 2.45) is 5.73 Å². The normalized spacial score (nSPS) is 52.9. The molecule has 2 heteroatoms. The van der Waals surface area contributed by atoms with Gasteiger partial charge in [0.25, 0.3) is 0 Å². The molecule has 0 saturated carbocycles. The molecule has 0 unspecified atom stereocenters. The molecule has 8 heavy (non-hydrogen) atoms. The molecular weight excluding hydrogens is 100 g/mol. The van der Waals surface area contributed by atoms with Gasteiger partial charge < -0.3 is 11.1 Å². The van der Waals surface area contributed by atoms with Gasteiger partial charge in [0.15, 0.2) is 0 Å². The highest BCUT2D eigenvalue weighted by molar-refractivity contribution is 4.99. The van der Waals surface area contributed by atoms with Crippen molar-refractivity contribution in [1.82, 2.24) is 5.32 Å². The largest absolute Gasteiger partial charge is 0.326 e. The van der Waals surface area contributed by atoms with E-state index in [1.807, 2.05) is 0 Å². The van der Waals surface area contributed by atoms with Crippen molar-refractivity contribution in [3.63, 3.8) is 0 Å². The van der Waals surface area contributed by atoms with E-state index in [4.69, 9.17) is 5.73 Å². The minimum Gasteiger partial charge on any atom is -0.326 e. The van der Waals surface area contributed by atoms with Crippen molar-refractivity contribution in [2.75, 3.05) is 0 Å². The first-order chi connectivity index (χ1) is 3.86. The summed E-state index contributed by atoms with van der Waals surface area (Å²) >= 11 is 0. The average Bonchev–Trinajstić information content (AvgIpc) is 2.23. The molecule has 2 nitrogen and oxygen atoms in total. The molecule has 3 atom stereocenters. The van der Waals surface area contributed by atoms with E-state index in [1.54, 1.807) is 0 Å². The third-order valence-electron chi connectivity index (χ3n) is 2.35. The van der Waals surface area contributed by atoms with Crippen LogP contribution in [-0.4, -0.2) is 18.1 Å². The Bertz CT molecular complexity index is 101. The molecule has 2 saturated heterocycles. The third kappa shape index (κ3) is 0.501. The Kier molecular flexibility index (Phi) is 0.866. The molecule has 0 spiro atoms. The van der Waals surface area contributed by atoms with Crippen LogP contribution in [0.3, 0.4) is 0 Å². The molecule has 2 rings (SSSR count). The van der Waals surface area contributed by atoms with Gasteiger partial charge in [0, 0.05) is 18.1 Å². The maximum Gasteiger partial charge on any atom is 0.0222 e. The van der Waals surface area contributed by atoms with Gasteiger partial charge in [-0.15, -0.1) is 0 Å². The summed E-state index contributed by atoms with van der Waals surface area (Å²) in [5.41, 5.74) is 5.76. The summed E-state index contributed by atoms with van der Waals surface area (Å²) in [7, 11) is 0. The summed E-state index contributed by atoms with van der Waals surface area (Å²) in [4.78, 5) is 0. The minimum absolute atomic E-state index is 0.466. The molecule has 0 aliphatic carbocycles. The zero-order valence-corrected chi connectivity index (χ0v) is 4.93. The van der Waals surface area contributed by atoms with Crippen LogP contribution in [-0.2, 0) is 0 Å². The van der Waals surface area contributed by atoms with Gasteiger partial charge in [-0.1, -0.05) is 0 Å². The Labute approximate surface area is 49.4 Å². The predicted octanol–water partition coefficient (Wildman–Crippen LogP) is -0.162. The van der Waals surface area contributed by atoms with Crippen molar-refractivity contribution in [1.29, 1.82) is 0 Å². The van der Waals surface area contributed by atoms with Gasteiger partial charge in [0.2, 0.25) is 0 Å². The molecule has 0 aromatic rings. The first-order valence-corrected chi connectivity index (χ1v) is 3.38. The first-order valence-electron chi connectivity index (χ1n) is 3.38. The highest BCUT2D eigenvalue weighted by Crippen LogP contribution is 2.26. The summed E-state index contributed by atoms with van der Waals surface area (Å²) in [5, 5.41) is 3.45. The lowest BCUT2D eigenvalue weighted by Crippen LogP contribution is -2.33. The standard InChI is InChI=1S/C6H12N2/c7-5-3-4-1-2-6(5)8-4/h4-6,8H,1-3,7H2/t4-,5+,6+/m1/s1. The summed E-state index contributed by atoms with van der Waals surface area (Å²) < 4.78 is 0. The number of fused-ring (bicyclic) bond motifs is 2. The monoisotopic (exact) mass is 112 g/mol. The predicted molar refractivity (Wildman–Crippen MR) is 32.5 cm³/mol. The molecule has 2 aliphatic rings. The van der Waals surface area contributed by atoms with E-state index in [0.29, 0.717) is 12.1 Å². The van der Waals surface area contributed by atoms with Crippen molar-refractivity contribution in [3.8, 4) is 0 Å². The fourth-order valence-electron chi connectivity index (χ4n) is 1.87. The zero-order valence-electron chi connectivity index (χ0n) is 4.93. The summed E-state index contributed by atoms with van der Waals surface area (Å²) in [6.45, 7) is 0. The lowest BCUT2D eigenvalue weighted by molar-refractivity contribution is 0.502. The van der Waals surface area contributed by atoms with Crippen LogP contribution in [0.2, 0.25) is 0 Å². The number of rotatable bonds is 0. The van der Waals surface area contributed by atoms with Crippen LogP contribution >= 0.6 is 0 Å². The lowest BCUT2D eigenvalue weighted by atomic mass is 9.97. The van der Waals surface area contributed by atoms with Crippen LogP contribution < -0.4 is 11.1 Å². The van der Waals surface area contributed by atoms with E-state index in [1.165, 1.54) is 19.3 Å². The Balaban J connectivity index is 2.11. The Morgan fingerprint density at radius 1 is 1.38 bits per heavy atom. The fourth-order valence-corrected chi connectivity index (χ4v) is 1.87. The summed E-state index contributed by atoms with van der Waals surface area (Å²) in [6, 6.07) is 1.91. The van der Waals surface area contributed by atoms with Gasteiger partial charge in [-0.25, -0.2) is 0 Å². The van der Waals surface area contributed by atoms with E-state index in [2.05, 4.69) is 5.32 Å². The quantitative estimate of drug-likeness (QED) is 0.457. The van der Waals surface area contributed by atoms with Gasteiger partial charge in [-0.2, -0.15) is 0 Å². The Morgan fingerprint density at radius 2 is 2.25 bits per heavy atom. The van der Waals surface area contributed by atoms with Crippen LogP contribution in [0.25, 0.3) is 0 Å². The molecule has 46 valence electrons. The molecule has 0 aromatic carbocycles. The van der Waals surface area contributed by atoms with Gasteiger partial charge in [-0.05, 0) is 19.3 Å². The van der Waals surface area contributed by atoms with Gasteiger partial charge in [0.1, 0.15) is 0 Å². The minimum atomic E-state index is 0.466. The Hall–Kier alpha value is -0.0800. The second kappa shape index (κ2) is 1.45. The molecule has 2 bridgehead atoms. The highest BCUT2D eigenvalue weighted by atomic mass is 15.1. The van der Waals surface area contributed by atoms with Crippen LogP contribution in [0.5, 0.6) is 0 Å². The summed E-state index contributed by atoms with van der Waals surface area (Å²) in [5.74, 6) is 0. The number of hydrogen-bond acceptors (Lipinski definition) is 2. The lowest BCUT2D eigenvalue weighted by Gasteiger charge is -2.13. The Morgan fingerprint density at radius 3 is 2.50 bits per heavy atom. The van der Waals surface area contributed by atoms with Crippen molar-refractivity contribution in [2.45, 2.75) is 37.4 Å². The average molecular weight is 112 g/mol. The van der Waals surface area contributed by atoms with E-state index >= 15 is 0 Å². The van der Waals surface area contributed by atoms with Gasteiger partial charge >= 0.3 is 0 Å². The number of nitrogens with one attached hydrogen (secondary N) is 1. The molecule has 0 aromatic heterocycles. The topological polar surface area (TPSA) is 38.0 Å². The molecule has 3 N–H and O–H groups in total. The van der Waals surface area contributed by atoms with E-state index in [0.717, 1.165) is 6.04 Å². The van der Waals surface area contributed by atoms with E-state index in [-0.39, 0.29) is 0 Å². The van der Waals surface area contributed by atoms with Crippen LogP contribution in [0.4, 0.5) is 0 Å². The SMILES string of the molecule is N[C@H]1C[C@H]2CC[C@@H]1N2. The molecule has 0 radical (unpaired) electrons. The maximum atomic E-state index is 5.76. The molecule has 2 aliphatic heterocycles. The molecule has 2 heterocycles. The van der Waals surface area contributed by atoms with Crippen molar-refractivity contribution in [3.05, 3.63) is 0 Å². The first kappa shape index (κ1) is 4.77.